The van der Waals surface area contributed by atoms with Gasteiger partial charge in [-0.15, -0.1) is 0 Å². The fourth-order valence-corrected chi connectivity index (χ4v) is 0.353. The second-order valence-electron chi connectivity index (χ2n) is 1.91. The van der Waals surface area contributed by atoms with Crippen molar-refractivity contribution < 1.29 is 24.5 Å². The molecule has 0 saturated heterocycles. The van der Waals surface area contributed by atoms with Gasteiger partial charge in [-0.25, -0.2) is 9.59 Å². The van der Waals surface area contributed by atoms with E-state index in [1.165, 1.54) is 0 Å². The standard InChI is InChI=1S/C4H10O3.C2H5N3O2/c5-1-3-7-4-2-6;3-1(6)5-2(4)7/h5-6H,1-4H2;(H5,3,4,5,6,7). The molecule has 0 fully saturated rings. The normalized spacial score (nSPS) is 8.43. The van der Waals surface area contributed by atoms with Gasteiger partial charge in [-0.1, -0.05) is 0 Å². The summed E-state index contributed by atoms with van der Waals surface area (Å²) in [6.45, 7) is 0.696. The molecule has 8 heteroatoms. The van der Waals surface area contributed by atoms with Gasteiger partial charge in [0.05, 0.1) is 26.4 Å². The topological polar surface area (TPSA) is 148 Å². The Bertz CT molecular complexity index is 148. The third kappa shape index (κ3) is 22.4. The summed E-state index contributed by atoms with van der Waals surface area (Å²) in [4.78, 5) is 19.2. The fraction of sp³-hybridized carbons (Fsp3) is 0.667. The highest BCUT2D eigenvalue weighted by atomic mass is 16.5. The summed E-state index contributed by atoms with van der Waals surface area (Å²) in [5.74, 6) is 0. The number of nitrogens with two attached hydrogens (primary N) is 2. The molecule has 0 rings (SSSR count). The van der Waals surface area contributed by atoms with Gasteiger partial charge in [0.15, 0.2) is 0 Å². The number of ether oxygens (including phenoxy) is 1. The minimum Gasteiger partial charge on any atom is -0.394 e. The number of aliphatic hydroxyl groups is 2. The van der Waals surface area contributed by atoms with Crippen molar-refractivity contribution in [2.24, 2.45) is 11.5 Å². The van der Waals surface area contributed by atoms with Crippen LogP contribution in [0.3, 0.4) is 0 Å². The molecule has 0 bridgehead atoms. The number of primary amides is 2. The summed E-state index contributed by atoms with van der Waals surface area (Å²) in [6, 6.07) is -1.88. The summed E-state index contributed by atoms with van der Waals surface area (Å²) in [5, 5.41) is 17.8. The molecular formula is C6H15N3O5. The van der Waals surface area contributed by atoms with Crippen LogP contribution in [-0.2, 0) is 4.74 Å². The smallest absolute Gasteiger partial charge is 0.320 e. The average molecular weight is 209 g/mol. The predicted octanol–water partition coefficient (Wildman–Crippen LogP) is -2.28. The van der Waals surface area contributed by atoms with E-state index in [2.05, 4.69) is 16.2 Å². The first-order valence-corrected chi connectivity index (χ1v) is 3.70. The van der Waals surface area contributed by atoms with E-state index in [-0.39, 0.29) is 13.2 Å². The second-order valence-corrected chi connectivity index (χ2v) is 1.91. The number of imide groups is 1. The van der Waals surface area contributed by atoms with Crippen LogP contribution in [0, 0.1) is 0 Å². The number of nitrogens with one attached hydrogen (secondary N) is 1. The number of aliphatic hydroxyl groups excluding tert-OH is 2. The molecular weight excluding hydrogens is 194 g/mol. The molecule has 0 atom stereocenters. The number of amides is 4. The number of hydrogen-bond acceptors (Lipinski definition) is 5. The van der Waals surface area contributed by atoms with Gasteiger partial charge in [0, 0.05) is 0 Å². The Kier molecular flexibility index (Phi) is 12.5. The maximum atomic E-state index is 9.62. The Morgan fingerprint density at radius 1 is 1.07 bits per heavy atom. The van der Waals surface area contributed by atoms with Crippen molar-refractivity contribution in [3.63, 3.8) is 0 Å². The maximum Gasteiger partial charge on any atom is 0.320 e. The van der Waals surface area contributed by atoms with Gasteiger partial charge in [-0.3, -0.25) is 5.32 Å². The van der Waals surface area contributed by atoms with Gasteiger partial charge in [-0.2, -0.15) is 0 Å². The highest BCUT2D eigenvalue weighted by Crippen LogP contribution is 1.68. The van der Waals surface area contributed by atoms with E-state index in [9.17, 15) is 9.59 Å². The molecule has 0 unspecified atom stereocenters. The zero-order valence-corrected chi connectivity index (χ0v) is 7.60. The van der Waals surface area contributed by atoms with Crippen LogP contribution in [0.1, 0.15) is 0 Å². The van der Waals surface area contributed by atoms with Crippen LogP contribution in [0.5, 0.6) is 0 Å². The molecule has 0 aromatic carbocycles. The van der Waals surface area contributed by atoms with E-state index < -0.39 is 12.1 Å². The van der Waals surface area contributed by atoms with Crippen molar-refractivity contribution in [2.75, 3.05) is 26.4 Å². The lowest BCUT2D eigenvalue weighted by Gasteiger charge is -1.94. The van der Waals surface area contributed by atoms with E-state index in [0.717, 1.165) is 0 Å². The van der Waals surface area contributed by atoms with Gasteiger partial charge in [-0.05, 0) is 0 Å². The molecule has 0 aliphatic rings. The summed E-state index contributed by atoms with van der Waals surface area (Å²) < 4.78 is 4.63. The fourth-order valence-electron chi connectivity index (χ4n) is 0.353. The van der Waals surface area contributed by atoms with E-state index in [0.29, 0.717) is 13.2 Å². The molecule has 0 aliphatic heterocycles. The molecule has 0 saturated carbocycles. The second kappa shape index (κ2) is 11.6. The SMILES string of the molecule is NC(=O)NC(N)=O.OCCOCCO. The summed E-state index contributed by atoms with van der Waals surface area (Å²) in [7, 11) is 0. The molecule has 84 valence electrons. The first-order valence-electron chi connectivity index (χ1n) is 3.70. The van der Waals surface area contributed by atoms with Crippen LogP contribution in [0.4, 0.5) is 9.59 Å². The molecule has 7 N–H and O–H groups in total. The van der Waals surface area contributed by atoms with Gasteiger partial charge >= 0.3 is 12.1 Å². The predicted molar refractivity (Wildman–Crippen MR) is 47.3 cm³/mol. The molecule has 14 heavy (non-hydrogen) atoms. The van der Waals surface area contributed by atoms with Crippen LogP contribution < -0.4 is 16.8 Å². The lowest BCUT2D eigenvalue weighted by molar-refractivity contribution is 0.0650. The van der Waals surface area contributed by atoms with E-state index in [1.807, 2.05) is 0 Å². The summed E-state index contributed by atoms with van der Waals surface area (Å²) in [5.41, 5.74) is 8.88. The lowest BCUT2D eigenvalue weighted by atomic mass is 10.7. The zero-order valence-electron chi connectivity index (χ0n) is 7.60. The Hall–Kier alpha value is -1.38. The number of carbonyl (C=O) groups excluding carboxylic acids is 2. The number of carbonyl (C=O) groups is 2. The average Bonchev–Trinajstić information content (AvgIpc) is 2.04. The Labute approximate surface area is 80.8 Å². The molecule has 0 radical (unpaired) electrons. The number of hydrogen-bond donors (Lipinski definition) is 5. The Balaban J connectivity index is 0. The van der Waals surface area contributed by atoms with Gasteiger partial charge in [0.2, 0.25) is 0 Å². The van der Waals surface area contributed by atoms with Gasteiger partial charge in [0.1, 0.15) is 0 Å². The molecule has 0 aromatic rings. The van der Waals surface area contributed by atoms with Crippen molar-refractivity contribution in [1.82, 2.24) is 5.32 Å². The third-order valence-corrected chi connectivity index (χ3v) is 0.718. The van der Waals surface area contributed by atoms with Crippen molar-refractivity contribution in [2.45, 2.75) is 0 Å². The monoisotopic (exact) mass is 209 g/mol. The van der Waals surface area contributed by atoms with Crippen LogP contribution in [-0.4, -0.2) is 48.7 Å². The van der Waals surface area contributed by atoms with Gasteiger partial charge in [0.25, 0.3) is 0 Å². The number of rotatable bonds is 4. The van der Waals surface area contributed by atoms with E-state index in [1.54, 1.807) is 5.32 Å². The minimum atomic E-state index is -0.938. The first kappa shape index (κ1) is 15.1. The molecule has 8 nitrogen and oxygen atoms in total. The maximum absolute atomic E-state index is 9.62. The lowest BCUT2D eigenvalue weighted by Crippen LogP contribution is -2.38. The van der Waals surface area contributed by atoms with Crippen molar-refractivity contribution in [1.29, 1.82) is 0 Å². The first-order chi connectivity index (χ1) is 6.54. The Morgan fingerprint density at radius 2 is 1.43 bits per heavy atom. The quantitative estimate of drug-likeness (QED) is 0.331. The van der Waals surface area contributed by atoms with Crippen molar-refractivity contribution in [3.8, 4) is 0 Å². The van der Waals surface area contributed by atoms with E-state index in [4.69, 9.17) is 10.2 Å². The molecule has 0 heterocycles. The highest BCUT2D eigenvalue weighted by molar-refractivity contribution is 5.91. The summed E-state index contributed by atoms with van der Waals surface area (Å²) >= 11 is 0. The van der Waals surface area contributed by atoms with Gasteiger partial charge < -0.3 is 26.4 Å². The van der Waals surface area contributed by atoms with Crippen LogP contribution >= 0.6 is 0 Å². The van der Waals surface area contributed by atoms with Crippen molar-refractivity contribution in [3.05, 3.63) is 0 Å². The number of urea groups is 2. The minimum absolute atomic E-state index is 0.0278. The highest BCUT2D eigenvalue weighted by Gasteiger charge is 1.92. The van der Waals surface area contributed by atoms with Crippen LogP contribution in [0.25, 0.3) is 0 Å². The third-order valence-electron chi connectivity index (χ3n) is 0.718. The molecule has 0 aliphatic carbocycles. The molecule has 0 spiro atoms. The molecule has 4 amide bonds. The van der Waals surface area contributed by atoms with Crippen LogP contribution in [0.2, 0.25) is 0 Å². The largest absolute Gasteiger partial charge is 0.394 e. The van der Waals surface area contributed by atoms with Crippen molar-refractivity contribution >= 4 is 12.1 Å². The molecule has 0 aromatic heterocycles. The summed E-state index contributed by atoms with van der Waals surface area (Å²) in [6.07, 6.45) is 0. The Morgan fingerprint density at radius 3 is 1.57 bits per heavy atom. The zero-order chi connectivity index (χ0) is 11.4. The van der Waals surface area contributed by atoms with E-state index >= 15 is 0 Å². The van der Waals surface area contributed by atoms with Crippen LogP contribution in [0.15, 0.2) is 0 Å².